The van der Waals surface area contributed by atoms with E-state index in [1.54, 1.807) is 0 Å². The molecule has 0 amide bonds. The lowest BCUT2D eigenvalue weighted by Crippen LogP contribution is -2.41. The fourth-order valence-electron chi connectivity index (χ4n) is 1.57. The molecule has 1 fully saturated rings. The Morgan fingerprint density at radius 1 is 1.64 bits per heavy atom. The molecule has 0 saturated carbocycles. The largest absolute Gasteiger partial charge is 0.302 e. The van der Waals surface area contributed by atoms with Crippen molar-refractivity contribution in [2.45, 2.75) is 18.9 Å². The molecule has 66 valence electrons. The summed E-state index contributed by atoms with van der Waals surface area (Å²) >= 11 is 5.73. The van der Waals surface area contributed by atoms with Crippen molar-refractivity contribution in [1.29, 1.82) is 0 Å². The van der Waals surface area contributed by atoms with Gasteiger partial charge in [0.15, 0.2) is 0 Å². The van der Waals surface area contributed by atoms with Gasteiger partial charge >= 0.3 is 0 Å². The van der Waals surface area contributed by atoms with Gasteiger partial charge in [-0.3, -0.25) is 4.39 Å². The number of rotatable bonds is 2. The Balaban J connectivity index is 2.37. The molecule has 2 atom stereocenters. The summed E-state index contributed by atoms with van der Waals surface area (Å²) < 4.78 is 12.3. The summed E-state index contributed by atoms with van der Waals surface area (Å²) in [4.78, 5) is 2.22. The smallest absolute Gasteiger partial charge is 0.0923 e. The molecule has 0 spiro atoms. The first kappa shape index (κ1) is 9.27. The average Bonchev–Trinajstić information content (AvgIpc) is 2.05. The van der Waals surface area contributed by atoms with Crippen LogP contribution in [0.3, 0.4) is 0 Å². The van der Waals surface area contributed by atoms with E-state index in [1.807, 2.05) is 0 Å². The fraction of sp³-hybridized carbons (Fsp3) is 1.00. The van der Waals surface area contributed by atoms with Gasteiger partial charge in [-0.1, -0.05) is 0 Å². The topological polar surface area (TPSA) is 3.24 Å². The lowest BCUT2D eigenvalue weighted by Gasteiger charge is -2.34. The van der Waals surface area contributed by atoms with Crippen LogP contribution in [-0.4, -0.2) is 37.1 Å². The molecular formula is C8H15ClFN. The second kappa shape index (κ2) is 4.27. The Morgan fingerprint density at radius 3 is 2.91 bits per heavy atom. The van der Waals surface area contributed by atoms with E-state index in [4.69, 9.17) is 11.6 Å². The Kier molecular flexibility index (Phi) is 3.60. The molecule has 11 heavy (non-hydrogen) atoms. The van der Waals surface area contributed by atoms with E-state index in [-0.39, 0.29) is 12.6 Å². The fourth-order valence-corrected chi connectivity index (χ4v) is 1.93. The lowest BCUT2D eigenvalue weighted by atomic mass is 9.93. The van der Waals surface area contributed by atoms with Crippen molar-refractivity contribution < 1.29 is 4.39 Å². The van der Waals surface area contributed by atoms with Gasteiger partial charge < -0.3 is 4.90 Å². The van der Waals surface area contributed by atoms with Crippen LogP contribution in [-0.2, 0) is 0 Å². The standard InChI is InChI=1S/C8H15ClFN/c1-11-3-2-7(6-10)4-8(11)5-9/h7-8H,2-6H2,1H3. The molecule has 1 aliphatic rings. The number of alkyl halides is 2. The normalized spacial score (nSPS) is 34.1. The number of piperidine rings is 1. The van der Waals surface area contributed by atoms with Gasteiger partial charge in [0.2, 0.25) is 0 Å². The Hall–Kier alpha value is 0.180. The Morgan fingerprint density at radius 2 is 2.36 bits per heavy atom. The van der Waals surface area contributed by atoms with Crippen LogP contribution >= 0.6 is 11.6 Å². The molecule has 1 rings (SSSR count). The summed E-state index contributed by atoms with van der Waals surface area (Å²) in [6.45, 7) is 0.813. The van der Waals surface area contributed by atoms with Gasteiger partial charge in [0.25, 0.3) is 0 Å². The van der Waals surface area contributed by atoms with Crippen molar-refractivity contribution in [1.82, 2.24) is 4.90 Å². The van der Waals surface area contributed by atoms with Gasteiger partial charge in [-0.25, -0.2) is 0 Å². The summed E-state index contributed by atoms with van der Waals surface area (Å²) in [7, 11) is 2.06. The van der Waals surface area contributed by atoms with Gasteiger partial charge in [0, 0.05) is 11.9 Å². The van der Waals surface area contributed by atoms with Crippen LogP contribution in [0.1, 0.15) is 12.8 Å². The van der Waals surface area contributed by atoms with Crippen molar-refractivity contribution in [3.8, 4) is 0 Å². The van der Waals surface area contributed by atoms with Crippen LogP contribution in [0.2, 0.25) is 0 Å². The highest BCUT2D eigenvalue weighted by molar-refractivity contribution is 6.18. The molecule has 1 nitrogen and oxygen atoms in total. The third-order valence-corrected chi connectivity index (χ3v) is 2.87. The SMILES string of the molecule is CN1CCC(CF)CC1CCl. The zero-order valence-corrected chi connectivity index (χ0v) is 7.65. The summed E-state index contributed by atoms with van der Waals surface area (Å²) in [6, 6.07) is 0.395. The molecule has 0 N–H and O–H groups in total. The third-order valence-electron chi connectivity index (χ3n) is 2.52. The highest BCUT2D eigenvalue weighted by atomic mass is 35.5. The zero-order chi connectivity index (χ0) is 8.27. The number of likely N-dealkylation sites (tertiary alicyclic amines) is 1. The van der Waals surface area contributed by atoms with Crippen molar-refractivity contribution in [3.05, 3.63) is 0 Å². The van der Waals surface area contributed by atoms with Gasteiger partial charge in [-0.05, 0) is 32.4 Å². The molecule has 1 heterocycles. The minimum atomic E-state index is -0.179. The first-order valence-electron chi connectivity index (χ1n) is 4.10. The first-order valence-corrected chi connectivity index (χ1v) is 4.63. The van der Waals surface area contributed by atoms with Gasteiger partial charge in [-0.2, -0.15) is 0 Å². The summed E-state index contributed by atoms with van der Waals surface area (Å²) in [5, 5.41) is 0. The molecule has 3 heteroatoms. The monoisotopic (exact) mass is 179 g/mol. The van der Waals surface area contributed by atoms with E-state index in [0.29, 0.717) is 11.9 Å². The van der Waals surface area contributed by atoms with E-state index in [9.17, 15) is 4.39 Å². The highest BCUT2D eigenvalue weighted by Gasteiger charge is 2.24. The van der Waals surface area contributed by atoms with Crippen LogP contribution in [0, 0.1) is 5.92 Å². The maximum Gasteiger partial charge on any atom is 0.0923 e. The summed E-state index contributed by atoms with van der Waals surface area (Å²) in [6.07, 6.45) is 1.91. The van der Waals surface area contributed by atoms with E-state index < -0.39 is 0 Å². The van der Waals surface area contributed by atoms with E-state index >= 15 is 0 Å². The molecule has 0 aromatic rings. The predicted octanol–water partition coefficient (Wildman–Crippen LogP) is 1.91. The highest BCUT2D eigenvalue weighted by Crippen LogP contribution is 2.22. The number of hydrogen-bond acceptors (Lipinski definition) is 1. The van der Waals surface area contributed by atoms with Crippen molar-refractivity contribution >= 4 is 11.6 Å². The van der Waals surface area contributed by atoms with Crippen LogP contribution < -0.4 is 0 Å². The number of nitrogens with zero attached hydrogens (tertiary/aromatic N) is 1. The average molecular weight is 180 g/mol. The van der Waals surface area contributed by atoms with Crippen LogP contribution in [0.25, 0.3) is 0 Å². The Bertz CT molecular complexity index is 121. The first-order chi connectivity index (χ1) is 5.27. The minimum absolute atomic E-state index is 0.179. The quantitative estimate of drug-likeness (QED) is 0.586. The van der Waals surface area contributed by atoms with E-state index in [0.717, 1.165) is 19.4 Å². The molecule has 0 aliphatic carbocycles. The van der Waals surface area contributed by atoms with Crippen LogP contribution in [0.5, 0.6) is 0 Å². The van der Waals surface area contributed by atoms with E-state index in [1.165, 1.54) is 0 Å². The van der Waals surface area contributed by atoms with Crippen molar-refractivity contribution in [3.63, 3.8) is 0 Å². The van der Waals surface area contributed by atoms with Crippen molar-refractivity contribution in [2.24, 2.45) is 5.92 Å². The van der Waals surface area contributed by atoms with Gasteiger partial charge in [0.05, 0.1) is 6.67 Å². The molecule has 0 radical (unpaired) electrons. The van der Waals surface area contributed by atoms with Gasteiger partial charge in [-0.15, -0.1) is 11.6 Å². The van der Waals surface area contributed by atoms with Crippen LogP contribution in [0.15, 0.2) is 0 Å². The second-order valence-electron chi connectivity index (χ2n) is 3.33. The second-order valence-corrected chi connectivity index (χ2v) is 3.64. The summed E-state index contributed by atoms with van der Waals surface area (Å²) in [5.41, 5.74) is 0. The zero-order valence-electron chi connectivity index (χ0n) is 6.89. The number of halogens is 2. The molecule has 1 aliphatic heterocycles. The molecule has 2 unspecified atom stereocenters. The maximum absolute atomic E-state index is 12.3. The summed E-state index contributed by atoms with van der Waals surface area (Å²) in [5.74, 6) is 0.891. The third kappa shape index (κ3) is 2.31. The molecule has 1 saturated heterocycles. The lowest BCUT2D eigenvalue weighted by molar-refractivity contribution is 0.139. The Labute approximate surface area is 72.5 Å². The minimum Gasteiger partial charge on any atom is -0.302 e. The molecule has 0 bridgehead atoms. The number of hydrogen-bond donors (Lipinski definition) is 0. The predicted molar refractivity (Wildman–Crippen MR) is 45.8 cm³/mol. The van der Waals surface area contributed by atoms with E-state index in [2.05, 4.69) is 11.9 Å². The van der Waals surface area contributed by atoms with Gasteiger partial charge in [0.1, 0.15) is 0 Å². The van der Waals surface area contributed by atoms with Crippen molar-refractivity contribution in [2.75, 3.05) is 26.1 Å². The molecular weight excluding hydrogens is 165 g/mol. The van der Waals surface area contributed by atoms with Crippen LogP contribution in [0.4, 0.5) is 4.39 Å². The maximum atomic E-state index is 12.3. The molecule has 0 aromatic carbocycles. The molecule has 0 aromatic heterocycles.